The Labute approximate surface area is 260 Å². The van der Waals surface area contributed by atoms with Gasteiger partial charge in [0.25, 0.3) is 5.56 Å². The lowest BCUT2D eigenvalue weighted by Gasteiger charge is -2.50. The van der Waals surface area contributed by atoms with Crippen LogP contribution in [0.15, 0.2) is 56.8 Å². The molecule has 2 saturated carbocycles. The van der Waals surface area contributed by atoms with Gasteiger partial charge in [-0.1, -0.05) is 44.2 Å². The minimum atomic E-state index is -1.78. The molecule has 0 amide bonds. The number of hydrogen-bond donors (Lipinski definition) is 1. The third kappa shape index (κ3) is 5.36. The lowest BCUT2D eigenvalue weighted by atomic mass is 9.57. The van der Waals surface area contributed by atoms with Crippen LogP contribution in [-0.4, -0.2) is 31.8 Å². The molecule has 0 aliphatic heterocycles. The summed E-state index contributed by atoms with van der Waals surface area (Å²) in [6.45, 7) is 9.92. The van der Waals surface area contributed by atoms with Gasteiger partial charge in [0, 0.05) is 0 Å². The normalized spacial score (nSPS) is 24.4. The SMILES string of the molecule is Cc1c(-c2ncco2)sc2c1c(=O)n(C(C)(C)C(=O)O)c(=O)n2CC(OCC12CC(C)CC(CC(C)C1)C2)c1ccccc1. The van der Waals surface area contributed by atoms with E-state index in [1.54, 1.807) is 6.92 Å². The van der Waals surface area contributed by atoms with Crippen molar-refractivity contribution in [3.05, 3.63) is 74.8 Å². The summed E-state index contributed by atoms with van der Waals surface area (Å²) >= 11 is 1.25. The number of rotatable bonds is 9. The highest BCUT2D eigenvalue weighted by atomic mass is 32.1. The van der Waals surface area contributed by atoms with Gasteiger partial charge in [-0.25, -0.2) is 19.1 Å². The highest BCUT2D eigenvalue weighted by Crippen LogP contribution is 2.53. The average Bonchev–Trinajstić information content (AvgIpc) is 3.60. The number of benzene rings is 1. The molecule has 234 valence electrons. The number of nitrogens with zero attached hydrogens (tertiary/aromatic N) is 3. The van der Waals surface area contributed by atoms with Gasteiger partial charge >= 0.3 is 11.7 Å². The van der Waals surface area contributed by atoms with E-state index in [2.05, 4.69) is 18.8 Å². The largest absolute Gasteiger partial charge is 0.480 e. The van der Waals surface area contributed by atoms with Gasteiger partial charge in [-0.15, -0.1) is 11.3 Å². The number of aliphatic carboxylic acids is 1. The van der Waals surface area contributed by atoms with Gasteiger partial charge in [0.1, 0.15) is 22.7 Å². The molecule has 3 heterocycles. The van der Waals surface area contributed by atoms with E-state index in [4.69, 9.17) is 9.15 Å². The van der Waals surface area contributed by atoms with Crippen LogP contribution in [-0.2, 0) is 21.6 Å². The van der Waals surface area contributed by atoms with Crippen molar-refractivity contribution in [2.24, 2.45) is 23.2 Å². The molecule has 9 nitrogen and oxygen atoms in total. The molecule has 3 aromatic heterocycles. The minimum absolute atomic E-state index is 0.0923. The minimum Gasteiger partial charge on any atom is -0.480 e. The topological polar surface area (TPSA) is 117 Å². The maximum absolute atomic E-state index is 14.3. The molecule has 0 spiro atoms. The van der Waals surface area contributed by atoms with E-state index in [-0.39, 0.29) is 17.3 Å². The molecule has 1 N–H and O–H groups in total. The zero-order valence-corrected chi connectivity index (χ0v) is 26.9. The lowest BCUT2D eigenvalue weighted by molar-refractivity contribution is -0.146. The molecule has 4 aromatic rings. The Bertz CT molecular complexity index is 1770. The second-order valence-corrected chi connectivity index (χ2v) is 14.8. The number of carboxylic acids is 1. The molecule has 0 saturated heterocycles. The Morgan fingerprint density at radius 3 is 2.45 bits per heavy atom. The van der Waals surface area contributed by atoms with Crippen molar-refractivity contribution in [1.29, 1.82) is 0 Å². The fourth-order valence-corrected chi connectivity index (χ4v) is 9.33. The zero-order valence-electron chi connectivity index (χ0n) is 26.0. The lowest BCUT2D eigenvalue weighted by Crippen LogP contribution is -2.52. The number of aromatic nitrogens is 3. The van der Waals surface area contributed by atoms with Gasteiger partial charge in [0.15, 0.2) is 0 Å². The Kier molecular flexibility index (Phi) is 7.94. The van der Waals surface area contributed by atoms with Crippen LogP contribution in [0.2, 0.25) is 0 Å². The standard InChI is InChI=1S/C34H41N3O6S/c1-20-13-23-14-21(2)16-34(15-20,17-23)19-43-25(24-9-7-6-8-10-24)18-36-30-26(22(3)27(44-30)28-35-11-12-42-28)29(38)37(32(36)41)33(4,5)31(39)40/h6-12,20-21,23,25H,13-19H2,1-5H3,(H,39,40). The van der Waals surface area contributed by atoms with Crippen molar-refractivity contribution in [2.75, 3.05) is 6.61 Å². The molecule has 44 heavy (non-hydrogen) atoms. The fraction of sp³-hybridized carbons (Fsp3) is 0.529. The third-order valence-corrected chi connectivity index (χ3v) is 11.1. The van der Waals surface area contributed by atoms with E-state index in [1.807, 2.05) is 30.3 Å². The van der Waals surface area contributed by atoms with Gasteiger partial charge in [0.2, 0.25) is 5.89 Å². The number of aryl methyl sites for hydroxylation is 1. The van der Waals surface area contributed by atoms with E-state index in [0.717, 1.165) is 29.4 Å². The molecular formula is C34H41N3O6S. The van der Waals surface area contributed by atoms with Crippen LogP contribution >= 0.6 is 11.3 Å². The predicted octanol–water partition coefficient (Wildman–Crippen LogP) is 6.62. The van der Waals surface area contributed by atoms with E-state index >= 15 is 0 Å². The van der Waals surface area contributed by atoms with Gasteiger partial charge < -0.3 is 14.3 Å². The number of oxazole rings is 1. The smallest absolute Gasteiger partial charge is 0.333 e. The summed E-state index contributed by atoms with van der Waals surface area (Å²) in [5.41, 5.74) is -1.50. The predicted molar refractivity (Wildman–Crippen MR) is 170 cm³/mol. The number of hydrogen-bond acceptors (Lipinski definition) is 7. The van der Waals surface area contributed by atoms with E-state index in [1.165, 1.54) is 55.1 Å². The van der Waals surface area contributed by atoms with Crippen molar-refractivity contribution in [3.63, 3.8) is 0 Å². The summed E-state index contributed by atoms with van der Waals surface area (Å²) in [5, 5.41) is 10.4. The van der Waals surface area contributed by atoms with E-state index < -0.39 is 28.9 Å². The van der Waals surface area contributed by atoms with Crippen molar-refractivity contribution in [3.8, 4) is 10.8 Å². The van der Waals surface area contributed by atoms with Crippen molar-refractivity contribution >= 4 is 27.5 Å². The highest BCUT2D eigenvalue weighted by molar-refractivity contribution is 7.22. The van der Waals surface area contributed by atoms with Crippen LogP contribution in [0.4, 0.5) is 0 Å². The Balaban J connectivity index is 1.48. The highest BCUT2D eigenvalue weighted by Gasteiger charge is 2.45. The first-order chi connectivity index (χ1) is 20.9. The average molecular weight is 620 g/mol. The summed E-state index contributed by atoms with van der Waals surface area (Å²) in [6.07, 6.45) is 8.45. The summed E-state index contributed by atoms with van der Waals surface area (Å²) < 4.78 is 14.8. The number of carboxylic acid groups (broad SMARTS) is 1. The van der Waals surface area contributed by atoms with Crippen LogP contribution < -0.4 is 11.2 Å². The van der Waals surface area contributed by atoms with Crippen LogP contribution in [0.5, 0.6) is 0 Å². The molecule has 2 aliphatic carbocycles. The van der Waals surface area contributed by atoms with Gasteiger partial charge in [0.05, 0.1) is 29.6 Å². The summed E-state index contributed by atoms with van der Waals surface area (Å²) in [7, 11) is 0. The number of carbonyl (C=O) groups is 1. The molecule has 3 atom stereocenters. The third-order valence-electron chi connectivity index (χ3n) is 9.79. The van der Waals surface area contributed by atoms with E-state index in [9.17, 15) is 19.5 Å². The molecular weight excluding hydrogens is 578 g/mol. The first kappa shape index (κ1) is 30.5. The summed E-state index contributed by atoms with van der Waals surface area (Å²) in [6, 6.07) is 9.84. The molecule has 0 radical (unpaired) electrons. The molecule has 1 aromatic carbocycles. The maximum atomic E-state index is 14.3. The molecule has 3 unspecified atom stereocenters. The molecule has 2 aliphatic rings. The Morgan fingerprint density at radius 2 is 1.84 bits per heavy atom. The van der Waals surface area contributed by atoms with Crippen LogP contribution in [0.3, 0.4) is 0 Å². The fourth-order valence-electron chi connectivity index (χ4n) is 8.09. The monoisotopic (exact) mass is 619 g/mol. The van der Waals surface area contributed by atoms with Gasteiger partial charge in [-0.3, -0.25) is 9.36 Å². The Hall–Kier alpha value is -3.50. The first-order valence-electron chi connectivity index (χ1n) is 15.5. The van der Waals surface area contributed by atoms with Gasteiger partial charge in [-0.2, -0.15) is 0 Å². The first-order valence-corrected chi connectivity index (χ1v) is 16.3. The van der Waals surface area contributed by atoms with Crippen molar-refractivity contribution < 1.29 is 19.1 Å². The molecule has 10 heteroatoms. The molecule has 6 rings (SSSR count). The zero-order chi connectivity index (χ0) is 31.4. The Morgan fingerprint density at radius 1 is 1.16 bits per heavy atom. The number of thiophene rings is 1. The second kappa shape index (κ2) is 11.5. The second-order valence-electron chi connectivity index (χ2n) is 13.8. The van der Waals surface area contributed by atoms with Crippen LogP contribution in [0.25, 0.3) is 21.0 Å². The summed E-state index contributed by atoms with van der Waals surface area (Å²) in [4.78, 5) is 45.9. The van der Waals surface area contributed by atoms with Crippen molar-refractivity contribution in [2.45, 2.75) is 84.9 Å². The van der Waals surface area contributed by atoms with Crippen molar-refractivity contribution in [1.82, 2.24) is 14.1 Å². The molecule has 2 fully saturated rings. The quantitative estimate of drug-likeness (QED) is 0.224. The maximum Gasteiger partial charge on any atom is 0.333 e. The summed E-state index contributed by atoms with van der Waals surface area (Å²) in [5.74, 6) is 1.07. The van der Waals surface area contributed by atoms with Gasteiger partial charge in [-0.05, 0) is 87.2 Å². The number of fused-ring (bicyclic) bond motifs is 3. The van der Waals surface area contributed by atoms with Crippen LogP contribution in [0.1, 0.15) is 77.0 Å². The van der Waals surface area contributed by atoms with E-state index in [0.29, 0.717) is 45.5 Å². The molecule has 2 bridgehead atoms. The van der Waals surface area contributed by atoms with Crippen LogP contribution in [0, 0.1) is 30.1 Å². The number of ether oxygens (including phenoxy) is 1.